The van der Waals surface area contributed by atoms with Crippen LogP contribution >= 0.6 is 0 Å². The number of pyridine rings is 1. The average molecular weight is 505 g/mol. The van der Waals surface area contributed by atoms with Gasteiger partial charge in [-0.2, -0.15) is 13.2 Å². The van der Waals surface area contributed by atoms with Crippen molar-refractivity contribution in [2.45, 2.75) is 68.5 Å². The molecule has 0 aliphatic carbocycles. The van der Waals surface area contributed by atoms with Gasteiger partial charge in [0.25, 0.3) is 0 Å². The molecule has 0 aliphatic heterocycles. The Labute approximate surface area is 208 Å². The number of carboxylic acid groups (broad SMARTS) is 1. The molecule has 2 aromatic rings. The van der Waals surface area contributed by atoms with Gasteiger partial charge in [-0.25, -0.2) is 9.78 Å². The number of amides is 1. The van der Waals surface area contributed by atoms with E-state index in [2.05, 4.69) is 22.5 Å². The lowest BCUT2D eigenvalue weighted by Crippen LogP contribution is -2.06. The summed E-state index contributed by atoms with van der Waals surface area (Å²) in [6, 6.07) is 3.08. The van der Waals surface area contributed by atoms with E-state index in [4.69, 9.17) is 5.11 Å². The number of imidazole rings is 1. The number of alkyl halides is 3. The highest BCUT2D eigenvalue weighted by molar-refractivity contribution is 5.88. The second-order valence-corrected chi connectivity index (χ2v) is 5.40. The van der Waals surface area contributed by atoms with Crippen LogP contribution in [0.4, 0.5) is 13.2 Å². The van der Waals surface area contributed by atoms with Gasteiger partial charge >= 0.3 is 12.6 Å². The molecule has 0 atom stereocenters. The predicted octanol–water partition coefficient (Wildman–Crippen LogP) is 6.26. The number of rotatable bonds is 7. The summed E-state index contributed by atoms with van der Waals surface area (Å²) in [6.07, 6.45) is 10.3. The zero-order valence-electron chi connectivity index (χ0n) is 22.4. The van der Waals surface area contributed by atoms with E-state index >= 15 is 0 Å². The van der Waals surface area contributed by atoms with Crippen LogP contribution in [0, 0.1) is 0 Å². The standard InChI is InChI=1S/C15H15N3O3.C3H9N.3C2H6.CHF3/c1-11(17-10-19)4-2-3-5-13-9-16-14-8-12(15(20)21)6-7-18(13)14;1-3-4-2;3*1-2;2-1(3)4/h2-4,6-10H,5H2,1H3,(H,17,19)(H,20,21);4H,3H2,1-2H3;3*1-2H3;1H/b3-2-,11-4+;;;;;. The number of aromatic carboxylic acids is 1. The molecule has 0 fully saturated rings. The molecule has 7 nitrogen and oxygen atoms in total. The zero-order chi connectivity index (χ0) is 28.2. The van der Waals surface area contributed by atoms with E-state index in [1.54, 1.807) is 31.5 Å². The summed E-state index contributed by atoms with van der Waals surface area (Å²) in [5.41, 5.74) is 2.53. The maximum atomic E-state index is 10.9. The Balaban J connectivity index is -0.000000288. The van der Waals surface area contributed by atoms with Crippen LogP contribution in [0.5, 0.6) is 0 Å². The first-order chi connectivity index (χ1) is 16.8. The van der Waals surface area contributed by atoms with E-state index in [0.717, 1.165) is 17.9 Å². The summed E-state index contributed by atoms with van der Waals surface area (Å²) >= 11 is 0. The van der Waals surface area contributed by atoms with Crippen LogP contribution < -0.4 is 10.6 Å². The summed E-state index contributed by atoms with van der Waals surface area (Å²) < 4.78 is 30.8. The van der Waals surface area contributed by atoms with Gasteiger partial charge in [0.2, 0.25) is 6.41 Å². The molecule has 2 aromatic heterocycles. The van der Waals surface area contributed by atoms with Crippen molar-refractivity contribution in [3.05, 3.63) is 59.7 Å². The molecule has 1 amide bonds. The minimum absolute atomic E-state index is 0.216. The summed E-state index contributed by atoms with van der Waals surface area (Å²) in [5.74, 6) is -0.967. The summed E-state index contributed by atoms with van der Waals surface area (Å²) in [4.78, 5) is 25.3. The first-order valence-electron chi connectivity index (χ1n) is 11.6. The summed E-state index contributed by atoms with van der Waals surface area (Å²) in [5, 5.41) is 14.4. The summed E-state index contributed by atoms with van der Waals surface area (Å²) in [7, 11) is 1.93. The second-order valence-electron chi connectivity index (χ2n) is 5.40. The Morgan fingerprint density at radius 1 is 1.17 bits per heavy atom. The number of hydrogen-bond acceptors (Lipinski definition) is 4. The van der Waals surface area contributed by atoms with Crippen molar-refractivity contribution in [2.24, 2.45) is 0 Å². The monoisotopic (exact) mass is 504 g/mol. The van der Waals surface area contributed by atoms with E-state index in [1.165, 1.54) is 6.07 Å². The van der Waals surface area contributed by atoms with Crippen molar-refractivity contribution in [1.82, 2.24) is 20.0 Å². The molecule has 2 rings (SSSR count). The SMILES string of the molecule is C/C(=C\C=C/Cc1cnc2cc(C(=O)O)ccn12)NC=O.CC.CC.CC.CCNC.FC(F)F. The lowest BCUT2D eigenvalue weighted by molar-refractivity contribution is -0.108. The number of carbonyl (C=O) groups is 2. The number of carbonyl (C=O) groups excluding carboxylic acids is 1. The van der Waals surface area contributed by atoms with Crippen molar-refractivity contribution in [1.29, 1.82) is 0 Å². The Morgan fingerprint density at radius 2 is 1.69 bits per heavy atom. The lowest BCUT2D eigenvalue weighted by Gasteiger charge is -2.00. The van der Waals surface area contributed by atoms with Crippen LogP contribution in [-0.2, 0) is 11.2 Å². The Morgan fingerprint density at radius 3 is 2.11 bits per heavy atom. The number of nitrogens with one attached hydrogen (secondary N) is 2. The van der Waals surface area contributed by atoms with E-state index in [1.807, 2.05) is 65.1 Å². The number of fused-ring (bicyclic) bond motifs is 1. The minimum atomic E-state index is -3.67. The Kier molecular flexibility index (Phi) is 32.3. The van der Waals surface area contributed by atoms with Gasteiger partial charge in [0.1, 0.15) is 5.65 Å². The normalized spacial score (nSPS) is 9.57. The van der Waals surface area contributed by atoms with E-state index in [-0.39, 0.29) is 5.56 Å². The molecule has 0 unspecified atom stereocenters. The van der Waals surface area contributed by atoms with Crippen LogP contribution in [0.25, 0.3) is 5.65 Å². The van der Waals surface area contributed by atoms with Crippen LogP contribution in [0.15, 0.2) is 48.5 Å². The molecule has 2 heterocycles. The van der Waals surface area contributed by atoms with Crippen molar-refractivity contribution in [3.63, 3.8) is 0 Å². The smallest absolute Gasteiger partial charge is 0.379 e. The lowest BCUT2D eigenvalue weighted by atomic mass is 10.2. The first-order valence-corrected chi connectivity index (χ1v) is 11.6. The fraction of sp³-hybridized carbons (Fsp3) is 0.480. The average Bonchev–Trinajstić information content (AvgIpc) is 3.28. The molecule has 3 N–H and O–H groups in total. The largest absolute Gasteiger partial charge is 0.478 e. The highest BCUT2D eigenvalue weighted by atomic mass is 19.4. The molecular formula is C25H43F3N4O3. The number of hydrogen-bond donors (Lipinski definition) is 3. The molecule has 0 bridgehead atoms. The molecule has 0 radical (unpaired) electrons. The number of halogens is 3. The predicted molar refractivity (Wildman–Crippen MR) is 139 cm³/mol. The third-order valence-corrected chi connectivity index (χ3v) is 3.29. The zero-order valence-corrected chi connectivity index (χ0v) is 22.4. The fourth-order valence-corrected chi connectivity index (χ4v) is 1.86. The van der Waals surface area contributed by atoms with Gasteiger partial charge in [-0.1, -0.05) is 60.6 Å². The maximum absolute atomic E-state index is 10.9. The van der Waals surface area contributed by atoms with E-state index in [9.17, 15) is 22.8 Å². The highest BCUT2D eigenvalue weighted by Gasteiger charge is 2.06. The highest BCUT2D eigenvalue weighted by Crippen LogP contribution is 2.10. The van der Waals surface area contributed by atoms with Gasteiger partial charge < -0.3 is 20.1 Å². The maximum Gasteiger partial charge on any atom is 0.379 e. The van der Waals surface area contributed by atoms with Crippen LogP contribution in [-0.4, -0.2) is 47.1 Å². The van der Waals surface area contributed by atoms with Crippen molar-refractivity contribution in [3.8, 4) is 0 Å². The van der Waals surface area contributed by atoms with Crippen LogP contribution in [0.3, 0.4) is 0 Å². The minimum Gasteiger partial charge on any atom is -0.478 e. The van der Waals surface area contributed by atoms with Crippen molar-refractivity contribution in [2.75, 3.05) is 13.6 Å². The van der Waals surface area contributed by atoms with E-state index in [0.29, 0.717) is 18.5 Å². The van der Waals surface area contributed by atoms with Crippen molar-refractivity contribution >= 4 is 18.0 Å². The molecular weight excluding hydrogens is 461 g/mol. The van der Waals surface area contributed by atoms with Crippen LogP contribution in [0.2, 0.25) is 0 Å². The fourth-order valence-electron chi connectivity index (χ4n) is 1.86. The molecule has 10 heteroatoms. The van der Waals surface area contributed by atoms with Gasteiger partial charge in [0.05, 0.1) is 5.56 Å². The number of allylic oxidation sites excluding steroid dienone is 4. The van der Waals surface area contributed by atoms with Gasteiger partial charge in [0, 0.05) is 30.2 Å². The van der Waals surface area contributed by atoms with Crippen molar-refractivity contribution < 1.29 is 27.9 Å². The third kappa shape index (κ3) is 22.4. The molecule has 0 spiro atoms. The summed E-state index contributed by atoms with van der Waals surface area (Å²) in [6.45, 7) is 13.3. The topological polar surface area (TPSA) is 95.7 Å². The van der Waals surface area contributed by atoms with Gasteiger partial charge in [-0.3, -0.25) is 4.79 Å². The number of nitrogens with zero attached hydrogens (tertiary/aromatic N) is 2. The van der Waals surface area contributed by atoms with Gasteiger partial charge in [-0.15, -0.1) is 0 Å². The molecule has 0 aromatic carbocycles. The van der Waals surface area contributed by atoms with E-state index < -0.39 is 12.6 Å². The number of aromatic nitrogens is 2. The second kappa shape index (κ2) is 28.9. The quantitative estimate of drug-likeness (QED) is 0.305. The van der Waals surface area contributed by atoms with Gasteiger partial charge in [0.15, 0.2) is 0 Å². The molecule has 202 valence electrons. The van der Waals surface area contributed by atoms with Crippen LogP contribution in [0.1, 0.15) is 71.4 Å². The first kappa shape index (κ1) is 39.1. The Bertz CT molecular complexity index is 819. The molecule has 0 saturated heterocycles. The molecule has 0 saturated carbocycles. The third-order valence-electron chi connectivity index (χ3n) is 3.29. The molecule has 0 aliphatic rings. The Hall–Kier alpha value is -3.14. The van der Waals surface area contributed by atoms with Gasteiger partial charge in [-0.05, 0) is 38.7 Å². The molecule has 35 heavy (non-hydrogen) atoms. The number of carboxylic acids is 1.